The van der Waals surface area contributed by atoms with E-state index < -0.39 is 28.5 Å². The molecular formula is C30H34Cl3N3O4S. The quantitative estimate of drug-likeness (QED) is 0.235. The van der Waals surface area contributed by atoms with Crippen LogP contribution in [-0.4, -0.2) is 43.8 Å². The molecule has 2 amide bonds. The first kappa shape index (κ1) is 32.7. The second kappa shape index (κ2) is 14.4. The summed E-state index contributed by atoms with van der Waals surface area (Å²) in [4.78, 5) is 28.8. The van der Waals surface area contributed by atoms with Gasteiger partial charge in [0.25, 0.3) is 10.0 Å². The van der Waals surface area contributed by atoms with E-state index >= 15 is 0 Å². The molecule has 41 heavy (non-hydrogen) atoms. The molecule has 0 aliphatic rings. The van der Waals surface area contributed by atoms with Crippen molar-refractivity contribution >= 4 is 62.3 Å². The lowest BCUT2D eigenvalue weighted by molar-refractivity contribution is -0.140. The second-order valence-corrected chi connectivity index (χ2v) is 12.9. The third-order valence-electron chi connectivity index (χ3n) is 6.78. The number of rotatable bonds is 12. The van der Waals surface area contributed by atoms with E-state index in [1.54, 1.807) is 49.4 Å². The minimum Gasteiger partial charge on any atom is -0.352 e. The fourth-order valence-electron chi connectivity index (χ4n) is 4.19. The first-order valence-electron chi connectivity index (χ1n) is 13.3. The topological polar surface area (TPSA) is 86.8 Å². The third kappa shape index (κ3) is 8.16. The molecule has 3 aromatic carbocycles. The Bertz CT molecular complexity index is 1450. The van der Waals surface area contributed by atoms with Crippen LogP contribution >= 0.6 is 34.8 Å². The van der Waals surface area contributed by atoms with Gasteiger partial charge in [-0.2, -0.15) is 0 Å². The van der Waals surface area contributed by atoms with E-state index in [1.807, 2.05) is 20.8 Å². The number of carbonyl (C=O) groups excluding carboxylic acids is 2. The summed E-state index contributed by atoms with van der Waals surface area (Å²) in [7, 11) is -4.20. The van der Waals surface area contributed by atoms with Crippen molar-refractivity contribution in [3.63, 3.8) is 0 Å². The lowest BCUT2D eigenvalue weighted by Crippen LogP contribution is -2.53. The monoisotopic (exact) mass is 637 g/mol. The fourth-order valence-corrected chi connectivity index (χ4v) is 6.25. The molecule has 0 aromatic heterocycles. The second-order valence-electron chi connectivity index (χ2n) is 9.76. The molecule has 0 radical (unpaired) electrons. The molecule has 220 valence electrons. The van der Waals surface area contributed by atoms with Gasteiger partial charge in [-0.25, -0.2) is 8.42 Å². The van der Waals surface area contributed by atoms with Gasteiger partial charge in [-0.3, -0.25) is 13.9 Å². The van der Waals surface area contributed by atoms with Crippen LogP contribution in [-0.2, 0) is 26.2 Å². The average Bonchev–Trinajstić information content (AvgIpc) is 2.93. The van der Waals surface area contributed by atoms with Crippen LogP contribution in [0.25, 0.3) is 0 Å². The number of nitrogens with one attached hydrogen (secondary N) is 1. The van der Waals surface area contributed by atoms with E-state index in [2.05, 4.69) is 5.32 Å². The van der Waals surface area contributed by atoms with E-state index in [0.717, 1.165) is 9.87 Å². The Labute approximate surface area is 257 Å². The van der Waals surface area contributed by atoms with Crippen molar-refractivity contribution < 1.29 is 18.0 Å². The number of aryl methyl sites for hydroxylation is 1. The van der Waals surface area contributed by atoms with Crippen LogP contribution in [0.4, 0.5) is 5.69 Å². The van der Waals surface area contributed by atoms with E-state index in [1.165, 1.54) is 29.2 Å². The number of hydrogen-bond acceptors (Lipinski definition) is 4. The van der Waals surface area contributed by atoms with Crippen LogP contribution in [0.5, 0.6) is 0 Å². The van der Waals surface area contributed by atoms with E-state index in [9.17, 15) is 18.0 Å². The van der Waals surface area contributed by atoms with Crippen LogP contribution in [0, 0.1) is 6.92 Å². The number of hydrogen-bond donors (Lipinski definition) is 1. The Morgan fingerprint density at radius 3 is 2.00 bits per heavy atom. The van der Waals surface area contributed by atoms with Crippen LogP contribution in [0.15, 0.2) is 71.6 Å². The van der Waals surface area contributed by atoms with Gasteiger partial charge in [-0.05, 0) is 75.2 Å². The van der Waals surface area contributed by atoms with Gasteiger partial charge >= 0.3 is 0 Å². The number of benzene rings is 3. The molecule has 3 aromatic rings. The molecule has 11 heteroatoms. The van der Waals surface area contributed by atoms with Gasteiger partial charge in [-0.1, -0.05) is 72.4 Å². The van der Waals surface area contributed by atoms with E-state index in [-0.39, 0.29) is 29.8 Å². The lowest BCUT2D eigenvalue weighted by atomic mass is 10.1. The summed E-state index contributed by atoms with van der Waals surface area (Å²) >= 11 is 18.9. The van der Waals surface area contributed by atoms with Crippen molar-refractivity contribution in [2.24, 2.45) is 0 Å². The Morgan fingerprint density at radius 2 is 1.46 bits per heavy atom. The molecule has 0 heterocycles. The highest BCUT2D eigenvalue weighted by Gasteiger charge is 2.34. The van der Waals surface area contributed by atoms with Crippen molar-refractivity contribution in [3.8, 4) is 0 Å². The molecule has 0 aliphatic carbocycles. The molecule has 0 spiro atoms. The normalized spacial score (nSPS) is 12.9. The van der Waals surface area contributed by atoms with Crippen LogP contribution in [0.3, 0.4) is 0 Å². The number of anilines is 1. The Kier molecular flexibility index (Phi) is 11.5. The fraction of sp³-hybridized carbons (Fsp3) is 0.333. The first-order valence-corrected chi connectivity index (χ1v) is 15.8. The maximum absolute atomic E-state index is 14.1. The maximum atomic E-state index is 14.1. The molecule has 3 rings (SSSR count). The van der Waals surface area contributed by atoms with Gasteiger partial charge in [0.1, 0.15) is 12.6 Å². The van der Waals surface area contributed by atoms with Crippen molar-refractivity contribution in [2.45, 2.75) is 64.1 Å². The van der Waals surface area contributed by atoms with E-state index in [4.69, 9.17) is 34.8 Å². The Balaban J connectivity index is 2.09. The minimum atomic E-state index is -4.20. The molecule has 0 fully saturated rings. The summed E-state index contributed by atoms with van der Waals surface area (Å²) in [5.74, 6) is -0.939. The summed E-state index contributed by atoms with van der Waals surface area (Å²) in [6.45, 7) is 6.83. The van der Waals surface area contributed by atoms with Gasteiger partial charge < -0.3 is 10.2 Å². The largest absolute Gasteiger partial charge is 0.352 e. The van der Waals surface area contributed by atoms with Crippen molar-refractivity contribution in [2.75, 3.05) is 10.8 Å². The highest BCUT2D eigenvalue weighted by atomic mass is 35.5. The highest BCUT2D eigenvalue weighted by Crippen LogP contribution is 2.29. The van der Waals surface area contributed by atoms with Gasteiger partial charge in [0.05, 0.1) is 10.6 Å². The first-order chi connectivity index (χ1) is 19.4. The number of nitrogens with zero attached hydrogens (tertiary/aromatic N) is 2. The summed E-state index contributed by atoms with van der Waals surface area (Å²) in [6, 6.07) is 16.5. The molecule has 0 saturated carbocycles. The maximum Gasteiger partial charge on any atom is 0.264 e. The van der Waals surface area contributed by atoms with Gasteiger partial charge in [-0.15, -0.1) is 0 Å². The SMILES string of the molecule is CC[C@H](C)NC(=O)[C@H](CC)N(Cc1c(Cl)cccc1Cl)C(=O)CN(c1ccc(C)cc1)S(=O)(=O)c1ccc(Cl)cc1. The van der Waals surface area contributed by atoms with Crippen LogP contribution in [0.1, 0.15) is 44.7 Å². The van der Waals surface area contributed by atoms with Crippen molar-refractivity contribution in [1.82, 2.24) is 10.2 Å². The predicted octanol–water partition coefficient (Wildman–Crippen LogP) is 6.87. The smallest absolute Gasteiger partial charge is 0.264 e. The number of carbonyl (C=O) groups is 2. The van der Waals surface area contributed by atoms with Crippen molar-refractivity contribution in [3.05, 3.63) is 92.9 Å². The molecule has 0 aliphatic heterocycles. The summed E-state index contributed by atoms with van der Waals surface area (Å²) in [5.41, 5.74) is 1.68. The van der Waals surface area contributed by atoms with Gasteiger partial charge in [0.2, 0.25) is 11.8 Å². The summed E-state index contributed by atoms with van der Waals surface area (Å²) in [5, 5.41) is 3.98. The average molecular weight is 639 g/mol. The third-order valence-corrected chi connectivity index (χ3v) is 9.53. The van der Waals surface area contributed by atoms with Crippen LogP contribution in [0.2, 0.25) is 15.1 Å². The zero-order chi connectivity index (χ0) is 30.3. The number of halogens is 3. The van der Waals surface area contributed by atoms with Gasteiger partial charge in [0, 0.05) is 33.2 Å². The highest BCUT2D eigenvalue weighted by molar-refractivity contribution is 7.92. The molecule has 2 atom stereocenters. The minimum absolute atomic E-state index is 0.0301. The number of sulfonamides is 1. The molecular weight excluding hydrogens is 605 g/mol. The predicted molar refractivity (Wildman–Crippen MR) is 166 cm³/mol. The standard InChI is InChI=1S/C30H34Cl3N3O4S/c1-5-21(4)34-30(38)28(6-2)35(18-25-26(32)8-7-9-27(25)33)29(37)19-36(23-14-10-20(3)11-15-23)41(39,40)24-16-12-22(31)13-17-24/h7-17,21,28H,5-6,18-19H2,1-4H3,(H,34,38)/t21-,28-/m0/s1. The Morgan fingerprint density at radius 1 is 0.878 bits per heavy atom. The van der Waals surface area contributed by atoms with Gasteiger partial charge in [0.15, 0.2) is 0 Å². The Hall–Kier alpha value is -2.78. The molecule has 0 bridgehead atoms. The summed E-state index contributed by atoms with van der Waals surface area (Å²) in [6.07, 6.45) is 0.984. The zero-order valence-electron chi connectivity index (χ0n) is 23.4. The molecule has 0 saturated heterocycles. The number of amides is 2. The molecule has 0 unspecified atom stereocenters. The van der Waals surface area contributed by atoms with Crippen LogP contribution < -0.4 is 9.62 Å². The zero-order valence-corrected chi connectivity index (χ0v) is 26.5. The lowest BCUT2D eigenvalue weighted by Gasteiger charge is -2.34. The molecule has 1 N–H and O–H groups in total. The summed E-state index contributed by atoms with van der Waals surface area (Å²) < 4.78 is 28.8. The van der Waals surface area contributed by atoms with E-state index in [0.29, 0.717) is 32.7 Å². The molecule has 7 nitrogen and oxygen atoms in total. The van der Waals surface area contributed by atoms with Crippen molar-refractivity contribution in [1.29, 1.82) is 0 Å².